The third kappa shape index (κ3) is 1.72. The number of hydrogen-bond acceptors (Lipinski definition) is 1. The van der Waals surface area contributed by atoms with Crippen LogP contribution in [0, 0.1) is 5.92 Å². The molecule has 0 spiro atoms. The zero-order chi connectivity index (χ0) is 5.82. The highest BCUT2D eigenvalue weighted by molar-refractivity contribution is 7.16. The minimum Gasteiger partial charge on any atom is -0.381 e. The maximum Gasteiger partial charge on any atom is 0.0468 e. The molecule has 0 amide bonds. The lowest BCUT2D eigenvalue weighted by Gasteiger charge is -2.19. The second kappa shape index (κ2) is 3.42. The van der Waals surface area contributed by atoms with Crippen LogP contribution in [0.15, 0.2) is 0 Å². The lowest BCUT2D eigenvalue weighted by Crippen LogP contribution is -2.16. The molecule has 0 radical (unpaired) electrons. The highest BCUT2D eigenvalue weighted by atomic mass is 31.0. The van der Waals surface area contributed by atoms with Gasteiger partial charge in [-0.1, -0.05) is 0 Å². The monoisotopic (exact) mass is 132 g/mol. The topological polar surface area (TPSA) is 9.23 Å². The van der Waals surface area contributed by atoms with Crippen LogP contribution in [-0.4, -0.2) is 19.4 Å². The highest BCUT2D eigenvalue weighted by Crippen LogP contribution is 2.16. The fourth-order valence-electron chi connectivity index (χ4n) is 0.982. The molecule has 8 heavy (non-hydrogen) atoms. The standard InChI is InChI=1S/C6H13OP/c8-5-6-1-3-7-4-2-6/h6H,1-5,8H2. The molecule has 1 saturated heterocycles. The summed E-state index contributed by atoms with van der Waals surface area (Å²) in [7, 11) is 2.79. The molecule has 1 heterocycles. The van der Waals surface area contributed by atoms with E-state index in [9.17, 15) is 0 Å². The van der Waals surface area contributed by atoms with Gasteiger partial charge in [0, 0.05) is 13.2 Å². The van der Waals surface area contributed by atoms with Crippen molar-refractivity contribution in [1.82, 2.24) is 0 Å². The van der Waals surface area contributed by atoms with Gasteiger partial charge in [0.15, 0.2) is 0 Å². The molecule has 0 bridgehead atoms. The predicted molar refractivity (Wildman–Crippen MR) is 38.1 cm³/mol. The summed E-state index contributed by atoms with van der Waals surface area (Å²) in [4.78, 5) is 0. The van der Waals surface area contributed by atoms with Crippen molar-refractivity contribution in [1.29, 1.82) is 0 Å². The zero-order valence-corrected chi connectivity index (χ0v) is 6.25. The van der Waals surface area contributed by atoms with Crippen molar-refractivity contribution in [2.24, 2.45) is 5.92 Å². The molecule has 0 aromatic carbocycles. The average molecular weight is 132 g/mol. The van der Waals surface area contributed by atoms with E-state index in [1.54, 1.807) is 0 Å². The van der Waals surface area contributed by atoms with Crippen LogP contribution in [0.3, 0.4) is 0 Å². The van der Waals surface area contributed by atoms with Crippen LogP contribution in [0.5, 0.6) is 0 Å². The second-order valence-corrected chi connectivity index (χ2v) is 2.76. The predicted octanol–water partition coefficient (Wildman–Crippen LogP) is 1.29. The van der Waals surface area contributed by atoms with Crippen molar-refractivity contribution in [3.05, 3.63) is 0 Å². The molecule has 1 rings (SSSR count). The average Bonchev–Trinajstić information content (AvgIpc) is 1.90. The van der Waals surface area contributed by atoms with Crippen LogP contribution in [0.2, 0.25) is 0 Å². The van der Waals surface area contributed by atoms with Crippen LogP contribution in [0.4, 0.5) is 0 Å². The Labute approximate surface area is 53.0 Å². The first-order valence-electron chi connectivity index (χ1n) is 3.21. The van der Waals surface area contributed by atoms with Gasteiger partial charge in [0.1, 0.15) is 0 Å². The smallest absolute Gasteiger partial charge is 0.0468 e. The molecular formula is C6H13OP. The summed E-state index contributed by atoms with van der Waals surface area (Å²) in [6, 6.07) is 0. The van der Waals surface area contributed by atoms with Crippen molar-refractivity contribution in [3.8, 4) is 0 Å². The summed E-state index contributed by atoms with van der Waals surface area (Å²) < 4.78 is 5.19. The fraction of sp³-hybridized carbons (Fsp3) is 1.00. The molecule has 1 unspecified atom stereocenters. The van der Waals surface area contributed by atoms with Crippen LogP contribution < -0.4 is 0 Å². The summed E-state index contributed by atoms with van der Waals surface area (Å²) in [5.74, 6) is 0.925. The van der Waals surface area contributed by atoms with Gasteiger partial charge < -0.3 is 4.74 Å². The van der Waals surface area contributed by atoms with Gasteiger partial charge in [0.05, 0.1) is 0 Å². The van der Waals surface area contributed by atoms with E-state index in [1.165, 1.54) is 19.0 Å². The third-order valence-corrected chi connectivity index (χ3v) is 2.34. The third-order valence-electron chi connectivity index (χ3n) is 1.67. The van der Waals surface area contributed by atoms with Crippen LogP contribution in [-0.2, 0) is 4.74 Å². The maximum absolute atomic E-state index is 5.19. The number of hydrogen-bond donors (Lipinski definition) is 0. The molecule has 1 atom stereocenters. The van der Waals surface area contributed by atoms with E-state index < -0.39 is 0 Å². The molecule has 1 fully saturated rings. The summed E-state index contributed by atoms with van der Waals surface area (Å²) in [6.45, 7) is 1.97. The van der Waals surface area contributed by atoms with Crippen molar-refractivity contribution >= 4 is 9.24 Å². The molecule has 1 aliphatic rings. The molecule has 1 aliphatic heterocycles. The molecule has 1 nitrogen and oxygen atoms in total. The number of rotatable bonds is 1. The van der Waals surface area contributed by atoms with Gasteiger partial charge in [0.2, 0.25) is 0 Å². The van der Waals surface area contributed by atoms with E-state index in [1.807, 2.05) is 0 Å². The molecule has 48 valence electrons. The first-order chi connectivity index (χ1) is 3.93. The maximum atomic E-state index is 5.19. The SMILES string of the molecule is PCC1CCOCC1. The molecule has 0 N–H and O–H groups in total. The van der Waals surface area contributed by atoms with Gasteiger partial charge in [-0.05, 0) is 24.9 Å². The summed E-state index contributed by atoms with van der Waals surface area (Å²) in [5.41, 5.74) is 0. The van der Waals surface area contributed by atoms with Crippen LogP contribution >= 0.6 is 9.24 Å². The van der Waals surface area contributed by atoms with Crippen molar-refractivity contribution < 1.29 is 4.74 Å². The molecule has 0 saturated carbocycles. The first kappa shape index (κ1) is 6.51. The van der Waals surface area contributed by atoms with Gasteiger partial charge in [-0.15, -0.1) is 9.24 Å². The summed E-state index contributed by atoms with van der Waals surface area (Å²) in [5, 5.41) is 0. The van der Waals surface area contributed by atoms with Gasteiger partial charge in [-0.2, -0.15) is 0 Å². The Hall–Kier alpha value is 0.390. The second-order valence-electron chi connectivity index (χ2n) is 2.29. The van der Waals surface area contributed by atoms with E-state index >= 15 is 0 Å². The zero-order valence-electron chi connectivity index (χ0n) is 5.10. The van der Waals surface area contributed by atoms with Gasteiger partial charge in [0.25, 0.3) is 0 Å². The van der Waals surface area contributed by atoms with Crippen molar-refractivity contribution in [2.45, 2.75) is 12.8 Å². The van der Waals surface area contributed by atoms with Crippen molar-refractivity contribution in [3.63, 3.8) is 0 Å². The van der Waals surface area contributed by atoms with Crippen molar-refractivity contribution in [2.75, 3.05) is 19.4 Å². The Bertz CT molecular complexity index is 59.5. The Morgan fingerprint density at radius 3 is 2.38 bits per heavy atom. The summed E-state index contributed by atoms with van der Waals surface area (Å²) in [6.07, 6.45) is 3.79. The van der Waals surface area contributed by atoms with Crippen LogP contribution in [0.25, 0.3) is 0 Å². The summed E-state index contributed by atoms with van der Waals surface area (Å²) >= 11 is 0. The number of ether oxygens (including phenoxy) is 1. The molecular weight excluding hydrogens is 119 g/mol. The lowest BCUT2D eigenvalue weighted by molar-refractivity contribution is 0.0727. The minimum absolute atomic E-state index is 0.925. The Kier molecular flexibility index (Phi) is 2.78. The van der Waals surface area contributed by atoms with Gasteiger partial charge in [-0.25, -0.2) is 0 Å². The van der Waals surface area contributed by atoms with E-state index in [2.05, 4.69) is 9.24 Å². The van der Waals surface area contributed by atoms with Crippen LogP contribution in [0.1, 0.15) is 12.8 Å². The molecule has 2 heteroatoms. The van der Waals surface area contributed by atoms with Gasteiger partial charge >= 0.3 is 0 Å². The largest absolute Gasteiger partial charge is 0.381 e. The van der Waals surface area contributed by atoms with Gasteiger partial charge in [-0.3, -0.25) is 0 Å². The highest BCUT2D eigenvalue weighted by Gasteiger charge is 2.10. The quantitative estimate of drug-likeness (QED) is 0.488. The van der Waals surface area contributed by atoms with E-state index in [-0.39, 0.29) is 0 Å². The molecule has 0 aliphatic carbocycles. The molecule has 0 aromatic rings. The molecule has 0 aromatic heterocycles. The lowest BCUT2D eigenvalue weighted by atomic mass is 10.0. The Morgan fingerprint density at radius 1 is 1.38 bits per heavy atom. The Morgan fingerprint density at radius 2 is 2.00 bits per heavy atom. The van der Waals surface area contributed by atoms with E-state index in [0.29, 0.717) is 0 Å². The first-order valence-corrected chi connectivity index (χ1v) is 4.03. The minimum atomic E-state index is 0.925. The van der Waals surface area contributed by atoms with E-state index in [4.69, 9.17) is 4.74 Å². The Balaban J connectivity index is 2.13. The normalized spacial score (nSPS) is 23.6. The van der Waals surface area contributed by atoms with E-state index in [0.717, 1.165) is 19.1 Å². The fourth-order valence-corrected chi connectivity index (χ4v) is 1.45.